The smallest absolute Gasteiger partial charge is 0.340 e. The molecule has 0 fully saturated rings. The fourth-order valence-corrected chi connectivity index (χ4v) is 4.37. The van der Waals surface area contributed by atoms with Crippen LogP contribution in [0.1, 0.15) is 66.2 Å². The van der Waals surface area contributed by atoms with E-state index in [1.54, 1.807) is 13.8 Å². The highest BCUT2D eigenvalue weighted by molar-refractivity contribution is 6.11. The Balaban J connectivity index is 2.12. The first-order valence-corrected chi connectivity index (χ1v) is 9.27. The molecule has 0 radical (unpaired) electrons. The number of rotatable bonds is 4. The maximum Gasteiger partial charge on any atom is 0.340 e. The Hall–Kier alpha value is -3.09. The fraction of sp³-hybridized carbons (Fsp3) is 0.381. The molecule has 0 amide bonds. The summed E-state index contributed by atoms with van der Waals surface area (Å²) in [7, 11) is 0. The third-order valence-corrected chi connectivity index (χ3v) is 5.22. The Morgan fingerprint density at radius 3 is 2.25 bits per heavy atom. The van der Waals surface area contributed by atoms with E-state index in [4.69, 9.17) is 14.2 Å². The summed E-state index contributed by atoms with van der Waals surface area (Å²) in [6.07, 6.45) is 5.05. The van der Waals surface area contributed by atoms with Gasteiger partial charge in [0.25, 0.3) is 0 Å². The molecule has 1 heterocycles. The van der Waals surface area contributed by atoms with Crippen LogP contribution in [0.25, 0.3) is 10.9 Å². The van der Waals surface area contributed by atoms with Crippen LogP contribution in [0.4, 0.5) is 0 Å². The average molecular weight is 383 g/mol. The van der Waals surface area contributed by atoms with Crippen molar-refractivity contribution in [2.24, 2.45) is 0 Å². The predicted molar refractivity (Wildman–Crippen MR) is 101 cm³/mol. The molecule has 4 rings (SSSR count). The second kappa shape index (κ2) is 6.51. The van der Waals surface area contributed by atoms with Crippen LogP contribution in [-0.2, 0) is 14.3 Å². The lowest BCUT2D eigenvalue weighted by molar-refractivity contribution is -0.134. The summed E-state index contributed by atoms with van der Waals surface area (Å²) in [6, 6.07) is 0. The molecule has 1 aromatic heterocycles. The van der Waals surface area contributed by atoms with Gasteiger partial charge in [0, 0.05) is 36.9 Å². The number of carbonyl (C=O) groups is 3. The number of hydrogen-bond donors (Lipinski definition) is 1. The van der Waals surface area contributed by atoms with Gasteiger partial charge in [-0.25, -0.2) is 4.79 Å². The van der Waals surface area contributed by atoms with Crippen molar-refractivity contribution in [1.82, 2.24) is 4.98 Å². The van der Waals surface area contributed by atoms with Crippen LogP contribution in [-0.4, -0.2) is 29.5 Å². The van der Waals surface area contributed by atoms with Crippen LogP contribution in [0.15, 0.2) is 12.2 Å². The molecule has 0 aliphatic heterocycles. The van der Waals surface area contributed by atoms with Gasteiger partial charge in [-0.3, -0.25) is 9.59 Å². The Bertz CT molecular complexity index is 1060. The molecule has 0 spiro atoms. The number of hydrogen-bond acceptors (Lipinski definition) is 6. The molecule has 1 aromatic carbocycles. The number of aryl methyl sites for hydroxylation is 1. The fourth-order valence-electron chi connectivity index (χ4n) is 4.37. The molecule has 146 valence electrons. The van der Waals surface area contributed by atoms with Crippen molar-refractivity contribution < 1.29 is 28.6 Å². The van der Waals surface area contributed by atoms with Crippen LogP contribution in [0.2, 0.25) is 0 Å². The normalized spacial score (nSPS) is 19.0. The maximum atomic E-state index is 12.7. The topological polar surface area (TPSA) is 94.7 Å². The summed E-state index contributed by atoms with van der Waals surface area (Å²) in [5.74, 6) is -1.09. The number of nitrogens with one attached hydrogen (secondary N) is 1. The Kier molecular flexibility index (Phi) is 4.25. The minimum absolute atomic E-state index is 0.0720. The first-order chi connectivity index (χ1) is 13.3. The van der Waals surface area contributed by atoms with Gasteiger partial charge in [-0.1, -0.05) is 12.2 Å². The number of esters is 3. The first kappa shape index (κ1) is 18.3. The van der Waals surface area contributed by atoms with Crippen molar-refractivity contribution in [2.75, 3.05) is 6.61 Å². The predicted octanol–water partition coefficient (Wildman–Crippen LogP) is 3.64. The van der Waals surface area contributed by atoms with E-state index in [1.807, 2.05) is 0 Å². The van der Waals surface area contributed by atoms with E-state index in [-0.39, 0.29) is 35.5 Å². The van der Waals surface area contributed by atoms with Crippen LogP contribution < -0.4 is 9.47 Å². The zero-order valence-corrected chi connectivity index (χ0v) is 16.2. The molecule has 0 saturated heterocycles. The van der Waals surface area contributed by atoms with E-state index in [1.165, 1.54) is 13.8 Å². The summed E-state index contributed by atoms with van der Waals surface area (Å²) in [5, 5.41) is 0.419. The molecular weight excluding hydrogens is 362 g/mol. The molecule has 2 aliphatic rings. The molecule has 2 aliphatic carbocycles. The van der Waals surface area contributed by atoms with Gasteiger partial charge in [0.05, 0.1) is 23.1 Å². The molecule has 7 nitrogen and oxygen atoms in total. The van der Waals surface area contributed by atoms with E-state index >= 15 is 0 Å². The van der Waals surface area contributed by atoms with Crippen molar-refractivity contribution in [3.05, 3.63) is 34.5 Å². The number of carbonyl (C=O) groups excluding carboxylic acids is 3. The van der Waals surface area contributed by atoms with E-state index in [2.05, 4.69) is 17.1 Å². The van der Waals surface area contributed by atoms with Crippen molar-refractivity contribution in [3.63, 3.8) is 0 Å². The zero-order chi connectivity index (χ0) is 20.2. The largest absolute Gasteiger partial charge is 0.462 e. The quantitative estimate of drug-likeness (QED) is 0.492. The third-order valence-electron chi connectivity index (χ3n) is 5.22. The van der Waals surface area contributed by atoms with Crippen molar-refractivity contribution in [2.45, 2.75) is 46.0 Å². The number of benzene rings is 1. The second-order valence-corrected chi connectivity index (χ2v) is 7.10. The molecule has 2 atom stereocenters. The van der Waals surface area contributed by atoms with E-state index in [9.17, 15) is 14.4 Å². The van der Waals surface area contributed by atoms with Crippen LogP contribution >= 0.6 is 0 Å². The first-order valence-electron chi connectivity index (χ1n) is 9.27. The molecule has 7 heteroatoms. The van der Waals surface area contributed by atoms with Gasteiger partial charge in [-0.2, -0.15) is 0 Å². The van der Waals surface area contributed by atoms with Crippen LogP contribution in [0, 0.1) is 6.92 Å². The third kappa shape index (κ3) is 2.61. The number of fused-ring (bicyclic) bond motifs is 7. The Morgan fingerprint density at radius 2 is 1.64 bits per heavy atom. The summed E-state index contributed by atoms with van der Waals surface area (Å²) in [6.45, 7) is 6.27. The lowest BCUT2D eigenvalue weighted by Gasteiger charge is -2.20. The lowest BCUT2D eigenvalue weighted by Crippen LogP contribution is -2.12. The van der Waals surface area contributed by atoms with Gasteiger partial charge in [0.15, 0.2) is 11.5 Å². The maximum absolute atomic E-state index is 12.7. The van der Waals surface area contributed by atoms with Crippen molar-refractivity contribution in [1.29, 1.82) is 0 Å². The van der Waals surface area contributed by atoms with Gasteiger partial charge in [0.1, 0.15) is 0 Å². The summed E-state index contributed by atoms with van der Waals surface area (Å²) < 4.78 is 16.3. The van der Waals surface area contributed by atoms with Crippen LogP contribution in [0.3, 0.4) is 0 Å². The monoisotopic (exact) mass is 383 g/mol. The SMILES string of the molecule is CCOC(=O)c1c(C)[nH]c2c3c(c(OC(C)=O)c(OC(C)=O)c12)C1C=CC3C1. The van der Waals surface area contributed by atoms with Gasteiger partial charge in [-0.15, -0.1) is 0 Å². The molecule has 2 aromatic rings. The van der Waals surface area contributed by atoms with Crippen molar-refractivity contribution in [3.8, 4) is 11.5 Å². The molecule has 2 bridgehead atoms. The van der Waals surface area contributed by atoms with Gasteiger partial charge >= 0.3 is 17.9 Å². The van der Waals surface area contributed by atoms with Crippen LogP contribution in [0.5, 0.6) is 11.5 Å². The number of allylic oxidation sites excluding steroid dienone is 2. The van der Waals surface area contributed by atoms with E-state index < -0.39 is 17.9 Å². The highest BCUT2D eigenvalue weighted by Crippen LogP contribution is 2.58. The Labute approximate surface area is 161 Å². The molecule has 1 N–H and O–H groups in total. The minimum Gasteiger partial charge on any atom is -0.462 e. The van der Waals surface area contributed by atoms with Crippen molar-refractivity contribution >= 4 is 28.8 Å². The Morgan fingerprint density at radius 1 is 1.04 bits per heavy atom. The molecule has 28 heavy (non-hydrogen) atoms. The van der Waals surface area contributed by atoms with Gasteiger partial charge in [0.2, 0.25) is 0 Å². The summed E-state index contributed by atoms with van der Waals surface area (Å²) in [5.41, 5.74) is 3.43. The molecular formula is C21H21NO6. The average Bonchev–Trinajstić information content (AvgIpc) is 3.29. The summed E-state index contributed by atoms with van der Waals surface area (Å²) in [4.78, 5) is 39.7. The van der Waals surface area contributed by atoms with E-state index in [0.717, 1.165) is 23.1 Å². The highest BCUT2D eigenvalue weighted by Gasteiger charge is 2.41. The number of ether oxygens (including phenoxy) is 3. The lowest BCUT2D eigenvalue weighted by atomic mass is 9.92. The summed E-state index contributed by atoms with van der Waals surface area (Å²) >= 11 is 0. The second-order valence-electron chi connectivity index (χ2n) is 7.10. The van der Waals surface area contributed by atoms with Gasteiger partial charge < -0.3 is 19.2 Å². The standard InChI is InChI=1S/C21H21NO6/c1-5-26-21(25)14-9(2)22-18-15-12-6-7-13(8-12)16(15)19(27-10(3)23)20(17(14)18)28-11(4)24/h6-7,12-13,22H,5,8H2,1-4H3. The minimum atomic E-state index is -0.568. The number of H-pyrrole nitrogens is 1. The number of aromatic amines is 1. The number of aromatic nitrogens is 1. The molecule has 0 saturated carbocycles. The highest BCUT2D eigenvalue weighted by atomic mass is 16.6. The van der Waals surface area contributed by atoms with E-state index in [0.29, 0.717) is 11.1 Å². The molecule has 2 unspecified atom stereocenters. The zero-order valence-electron chi connectivity index (χ0n) is 16.2. The van der Waals surface area contributed by atoms with Gasteiger partial charge in [-0.05, 0) is 25.8 Å².